The van der Waals surface area contributed by atoms with Crippen molar-refractivity contribution in [3.63, 3.8) is 0 Å². The number of carbonyl (C=O) groups is 1. The van der Waals surface area contributed by atoms with Crippen LogP contribution in [-0.4, -0.2) is 28.2 Å². The summed E-state index contributed by atoms with van der Waals surface area (Å²) in [5, 5.41) is 19.9. The Morgan fingerprint density at radius 1 is 0.643 bits per heavy atom. The number of nitrogens with zero attached hydrogens (tertiary/aromatic N) is 5. The van der Waals surface area contributed by atoms with Gasteiger partial charge >= 0.3 is 5.97 Å². The molecule has 0 radical (unpaired) electrons. The van der Waals surface area contributed by atoms with Gasteiger partial charge in [0.1, 0.15) is 11.6 Å². The summed E-state index contributed by atoms with van der Waals surface area (Å²) >= 11 is 0. The third-order valence-electron chi connectivity index (χ3n) is 9.84. The number of allylic oxidation sites excluding steroid dienone is 8. The van der Waals surface area contributed by atoms with Crippen LogP contribution in [0, 0.1) is 11.3 Å². The summed E-state index contributed by atoms with van der Waals surface area (Å²) in [6.07, 6.45) is 11.2. The van der Waals surface area contributed by atoms with E-state index < -0.39 is 11.5 Å². The van der Waals surface area contributed by atoms with E-state index in [0.29, 0.717) is 34.0 Å². The first-order valence-corrected chi connectivity index (χ1v) is 17.8. The maximum Gasteiger partial charge on any atom is 0.346 e. The molecule has 0 spiro atoms. The fourth-order valence-electron chi connectivity index (χ4n) is 7.38. The molecule has 5 aromatic rings. The van der Waals surface area contributed by atoms with Gasteiger partial charge in [0.15, 0.2) is 0 Å². The number of aliphatic imine (C=N–C) groups is 3. The van der Waals surface area contributed by atoms with E-state index >= 15 is 0 Å². The zero-order valence-corrected chi connectivity index (χ0v) is 33.0. The minimum atomic E-state index is -1.32. The van der Waals surface area contributed by atoms with Crippen molar-refractivity contribution in [3.05, 3.63) is 232 Å². The van der Waals surface area contributed by atoms with Crippen LogP contribution in [-0.2, 0) is 24.3 Å². The molecule has 0 saturated carbocycles. The summed E-state index contributed by atoms with van der Waals surface area (Å²) in [6.45, 7) is 0. The molecule has 4 aromatic carbocycles. The third kappa shape index (κ3) is 6.66. The van der Waals surface area contributed by atoms with E-state index in [0.717, 1.165) is 56.2 Å². The number of benzene rings is 4. The van der Waals surface area contributed by atoms with Gasteiger partial charge in [0.05, 0.1) is 34.2 Å². The van der Waals surface area contributed by atoms with Crippen molar-refractivity contribution in [1.82, 2.24) is 4.98 Å². The molecule has 9 rings (SSSR count). The number of aliphatic carboxylic acids is 1. The molecule has 1 aromatic heterocycles. The van der Waals surface area contributed by atoms with E-state index in [-0.39, 0.29) is 25.4 Å². The van der Waals surface area contributed by atoms with Crippen molar-refractivity contribution in [2.24, 2.45) is 15.0 Å². The maximum absolute atomic E-state index is 12.3. The number of carboxylic acids is 1. The predicted octanol–water partition coefficient (Wildman–Crippen LogP) is 9.31. The van der Waals surface area contributed by atoms with Gasteiger partial charge in [-0.05, 0) is 64.3 Å². The second-order valence-corrected chi connectivity index (χ2v) is 13.2. The number of fused-ring (bicyclic) bond motifs is 5. The Bertz CT molecular complexity index is 2750. The smallest absolute Gasteiger partial charge is 0.346 e. The van der Waals surface area contributed by atoms with Gasteiger partial charge in [-0.1, -0.05) is 133 Å². The van der Waals surface area contributed by atoms with Crippen LogP contribution in [0.3, 0.4) is 0 Å². The topological polar surface area (TPSA) is 112 Å². The van der Waals surface area contributed by atoms with E-state index in [1.165, 1.54) is 6.08 Å². The second kappa shape index (κ2) is 15.4. The number of hydrogen-bond donors (Lipinski definition) is 1. The maximum atomic E-state index is 12.3. The Kier molecular flexibility index (Phi) is 9.85. The molecule has 0 fully saturated rings. The fourth-order valence-corrected chi connectivity index (χ4v) is 7.38. The molecule has 0 aliphatic carbocycles. The molecule has 1 unspecified atom stereocenters. The largest absolute Gasteiger partial charge is 0.660 e. The van der Waals surface area contributed by atoms with Crippen LogP contribution >= 0.6 is 0 Å². The van der Waals surface area contributed by atoms with E-state index in [1.807, 2.05) is 134 Å². The van der Waals surface area contributed by atoms with Crippen LogP contribution < -0.4 is 4.98 Å². The molecule has 262 valence electrons. The summed E-state index contributed by atoms with van der Waals surface area (Å²) in [5.74, 6) is -1.60. The van der Waals surface area contributed by atoms with Gasteiger partial charge in [0.2, 0.25) is 0 Å². The summed E-state index contributed by atoms with van der Waals surface area (Å²) in [4.78, 5) is 33.5. The van der Waals surface area contributed by atoms with Crippen LogP contribution in [0.2, 0.25) is 0 Å². The molecule has 8 heteroatoms. The molecule has 4 aliphatic heterocycles. The number of nitriles is 1. The van der Waals surface area contributed by atoms with Crippen molar-refractivity contribution in [1.29, 1.82) is 5.26 Å². The number of hydrogen-bond acceptors (Lipinski definition) is 5. The third-order valence-corrected chi connectivity index (χ3v) is 9.84. The molecular weight excluding hydrogens is 744 g/mol. The molecule has 8 bridgehead atoms. The van der Waals surface area contributed by atoms with Crippen molar-refractivity contribution >= 4 is 39.8 Å². The quantitative estimate of drug-likeness (QED) is 0.105. The Balaban J connectivity index is 0.00000441. The Labute approximate surface area is 336 Å². The minimum Gasteiger partial charge on any atom is -0.660 e. The molecule has 7 nitrogen and oxygen atoms in total. The SMILES string of the molecule is N#C/C(=C\C1=CC2=NC1=C(c1ccccc1)C1=NC(=C(c3ccccc3)c3ccc([n-]3)C(c3ccccc3)C3=NC(=C2c2ccccc2)C=C3)C=C1)C(=O)O.[Zn]. The van der Waals surface area contributed by atoms with Crippen molar-refractivity contribution in [2.45, 2.75) is 5.92 Å². The van der Waals surface area contributed by atoms with E-state index in [2.05, 4.69) is 36.4 Å². The molecule has 5 heterocycles. The van der Waals surface area contributed by atoms with Crippen molar-refractivity contribution < 1.29 is 29.4 Å². The van der Waals surface area contributed by atoms with Gasteiger partial charge < -0.3 is 10.1 Å². The Hall–Kier alpha value is -7.07. The molecule has 56 heavy (non-hydrogen) atoms. The molecule has 4 aliphatic rings. The first kappa shape index (κ1) is 35.9. The summed E-state index contributed by atoms with van der Waals surface area (Å²) in [6, 6.07) is 46.0. The molecule has 1 N–H and O–H groups in total. The zero-order valence-electron chi connectivity index (χ0n) is 30.0. The van der Waals surface area contributed by atoms with Crippen LogP contribution in [0.1, 0.15) is 39.6 Å². The number of rotatable bonds is 6. The van der Waals surface area contributed by atoms with Crippen LogP contribution in [0.15, 0.2) is 213 Å². The molecule has 0 amide bonds. The van der Waals surface area contributed by atoms with Gasteiger partial charge in [-0.3, -0.25) is 4.99 Å². The zero-order chi connectivity index (χ0) is 37.3. The van der Waals surface area contributed by atoms with Crippen molar-refractivity contribution in [2.75, 3.05) is 0 Å². The Morgan fingerprint density at radius 3 is 1.84 bits per heavy atom. The van der Waals surface area contributed by atoms with Gasteiger partial charge in [-0.2, -0.15) is 5.26 Å². The average Bonchev–Trinajstić information content (AvgIpc) is 4.06. The normalized spacial score (nSPS) is 17.3. The average molecular weight is 774 g/mol. The van der Waals surface area contributed by atoms with Crippen molar-refractivity contribution in [3.8, 4) is 6.07 Å². The predicted molar refractivity (Wildman–Crippen MR) is 217 cm³/mol. The fraction of sp³-hybridized carbons (Fsp3) is 0.0208. The second-order valence-electron chi connectivity index (χ2n) is 13.2. The monoisotopic (exact) mass is 772 g/mol. The van der Waals surface area contributed by atoms with Gasteiger partial charge in [0, 0.05) is 42.1 Å². The van der Waals surface area contributed by atoms with Gasteiger partial charge in [-0.15, -0.1) is 11.4 Å². The summed E-state index contributed by atoms with van der Waals surface area (Å²) < 4.78 is 0. The standard InChI is InChI=1S/C48H31N5O2.Zn/c49-29-35(48(54)55)27-34-28-42-45(32-17-9-3-10-18-32)40-24-23-38(51-40)43(30-13-5-1-6-14-30)36-21-22-37(50-36)44(31-15-7-2-8-16-31)39-25-26-41(52-39)46(47(34)53-42)33-19-11-4-12-20-33;/h1-28,43H,(H2,50,51,52,53,54,55);/p-1/b35-27+;. The summed E-state index contributed by atoms with van der Waals surface area (Å²) in [5.41, 5.74) is 11.7. The van der Waals surface area contributed by atoms with Gasteiger partial charge in [-0.25, -0.2) is 14.8 Å². The van der Waals surface area contributed by atoms with E-state index in [4.69, 9.17) is 20.0 Å². The minimum absolute atomic E-state index is 0. The van der Waals surface area contributed by atoms with Gasteiger partial charge in [0.25, 0.3) is 0 Å². The molecular formula is C48H30N5O2Zn-. The molecule has 0 saturated heterocycles. The van der Waals surface area contributed by atoms with Crippen LogP contribution in [0.5, 0.6) is 0 Å². The Morgan fingerprint density at radius 2 is 1.21 bits per heavy atom. The molecule has 1 atom stereocenters. The number of aromatic nitrogens is 1. The number of carboxylic acid groups (broad SMARTS) is 1. The van der Waals surface area contributed by atoms with Crippen LogP contribution in [0.25, 0.3) is 16.7 Å². The van der Waals surface area contributed by atoms with E-state index in [1.54, 1.807) is 0 Å². The van der Waals surface area contributed by atoms with Crippen LogP contribution in [0.4, 0.5) is 0 Å². The summed E-state index contributed by atoms with van der Waals surface area (Å²) in [7, 11) is 0. The first-order chi connectivity index (χ1) is 27.1. The first-order valence-electron chi connectivity index (χ1n) is 17.8. The van der Waals surface area contributed by atoms with E-state index in [9.17, 15) is 15.2 Å².